The van der Waals surface area contributed by atoms with Crippen LogP contribution in [-0.4, -0.2) is 50.4 Å². The molecule has 6 nitrogen and oxygen atoms in total. The normalized spacial score (nSPS) is 15.4. The Kier molecular flexibility index (Phi) is 6.12. The molecule has 1 aliphatic rings. The number of nitrogens with one attached hydrogen (secondary N) is 2. The van der Waals surface area contributed by atoms with Crippen molar-refractivity contribution in [2.24, 2.45) is 0 Å². The third-order valence-corrected chi connectivity index (χ3v) is 5.45. The Morgan fingerprint density at radius 3 is 2.69 bits per heavy atom. The summed E-state index contributed by atoms with van der Waals surface area (Å²) < 4.78 is 10.4. The number of morpholine rings is 1. The van der Waals surface area contributed by atoms with Gasteiger partial charge in [0.05, 0.1) is 20.3 Å². The van der Waals surface area contributed by atoms with Crippen LogP contribution in [0.3, 0.4) is 0 Å². The van der Waals surface area contributed by atoms with Gasteiger partial charge in [0.1, 0.15) is 6.04 Å². The molecule has 0 aliphatic carbocycles. The van der Waals surface area contributed by atoms with Crippen molar-refractivity contribution >= 4 is 22.6 Å². The van der Waals surface area contributed by atoms with Crippen LogP contribution in [0.4, 0.5) is 5.69 Å². The zero-order valence-corrected chi connectivity index (χ0v) is 16.7. The number of esters is 1. The lowest BCUT2D eigenvalue weighted by molar-refractivity contribution is -0.143. The summed E-state index contributed by atoms with van der Waals surface area (Å²) in [7, 11) is 1.43. The predicted octanol–water partition coefficient (Wildman–Crippen LogP) is 2.88. The van der Waals surface area contributed by atoms with Crippen molar-refractivity contribution in [1.82, 2.24) is 10.3 Å². The third kappa shape index (κ3) is 4.60. The summed E-state index contributed by atoms with van der Waals surface area (Å²) in [4.78, 5) is 17.9. The maximum Gasteiger partial charge on any atom is 0.323 e. The SMILES string of the molecule is COC(=O)[C@@H](Cc1c[nH]c2ccccc12)NCc1ccc(N2CCOCC2)cc1. The van der Waals surface area contributed by atoms with E-state index in [1.807, 2.05) is 24.4 Å². The van der Waals surface area contributed by atoms with Gasteiger partial charge in [0.25, 0.3) is 0 Å². The summed E-state index contributed by atoms with van der Waals surface area (Å²) >= 11 is 0. The second-order valence-electron chi connectivity index (χ2n) is 7.29. The van der Waals surface area contributed by atoms with Crippen molar-refractivity contribution in [3.63, 3.8) is 0 Å². The average molecular weight is 393 g/mol. The molecule has 2 aromatic carbocycles. The zero-order valence-electron chi connectivity index (χ0n) is 16.7. The van der Waals surface area contributed by atoms with E-state index in [0.29, 0.717) is 13.0 Å². The Morgan fingerprint density at radius 1 is 1.17 bits per heavy atom. The van der Waals surface area contributed by atoms with E-state index in [4.69, 9.17) is 9.47 Å². The number of hydrogen-bond donors (Lipinski definition) is 2. The molecule has 152 valence electrons. The van der Waals surface area contributed by atoms with Crippen LogP contribution in [-0.2, 0) is 27.2 Å². The summed E-state index contributed by atoms with van der Waals surface area (Å²) in [5.41, 5.74) is 4.52. The van der Waals surface area contributed by atoms with Gasteiger partial charge in [0.2, 0.25) is 0 Å². The number of methoxy groups -OCH3 is 1. The lowest BCUT2D eigenvalue weighted by Gasteiger charge is -2.29. The first-order valence-electron chi connectivity index (χ1n) is 10.0. The fourth-order valence-electron chi connectivity index (χ4n) is 3.79. The molecule has 3 aromatic rings. The minimum Gasteiger partial charge on any atom is -0.468 e. The van der Waals surface area contributed by atoms with Gasteiger partial charge in [-0.1, -0.05) is 30.3 Å². The van der Waals surface area contributed by atoms with E-state index < -0.39 is 6.04 Å². The zero-order chi connectivity index (χ0) is 20.1. The molecule has 2 heterocycles. The fourth-order valence-corrected chi connectivity index (χ4v) is 3.79. The summed E-state index contributed by atoms with van der Waals surface area (Å²) in [5.74, 6) is -0.250. The van der Waals surface area contributed by atoms with Crippen LogP contribution in [0, 0.1) is 0 Å². The standard InChI is InChI=1S/C23H27N3O3/c1-28-23(27)22(14-18-16-25-21-5-3-2-4-20(18)21)24-15-17-6-8-19(9-7-17)26-10-12-29-13-11-26/h2-9,16,22,24-25H,10-15H2,1H3/t22-/m1/s1. The van der Waals surface area contributed by atoms with Crippen molar-refractivity contribution in [2.75, 3.05) is 38.3 Å². The second kappa shape index (κ2) is 9.11. The van der Waals surface area contributed by atoms with Crippen molar-refractivity contribution < 1.29 is 14.3 Å². The quantitative estimate of drug-likeness (QED) is 0.604. The molecule has 0 spiro atoms. The lowest BCUT2D eigenvalue weighted by atomic mass is 10.0. The van der Waals surface area contributed by atoms with Gasteiger partial charge in [-0.05, 0) is 29.3 Å². The number of benzene rings is 2. The summed E-state index contributed by atoms with van der Waals surface area (Å²) in [6.45, 7) is 4.00. The molecule has 6 heteroatoms. The van der Waals surface area contributed by atoms with Crippen molar-refractivity contribution in [1.29, 1.82) is 0 Å². The Labute approximate surface area is 170 Å². The summed E-state index contributed by atoms with van der Waals surface area (Å²) in [5, 5.41) is 4.50. The van der Waals surface area contributed by atoms with E-state index in [-0.39, 0.29) is 5.97 Å². The first kappa shape index (κ1) is 19.5. The highest BCUT2D eigenvalue weighted by Crippen LogP contribution is 2.20. The number of carbonyl (C=O) groups excluding carboxylic acids is 1. The van der Waals surface area contributed by atoms with E-state index >= 15 is 0 Å². The Hall–Kier alpha value is -2.83. The molecule has 1 saturated heterocycles. The Balaban J connectivity index is 1.41. The van der Waals surface area contributed by atoms with Gasteiger partial charge in [0, 0.05) is 48.8 Å². The number of para-hydroxylation sites is 1. The predicted molar refractivity (Wildman–Crippen MR) is 114 cm³/mol. The minimum absolute atomic E-state index is 0.250. The molecular formula is C23H27N3O3. The number of nitrogens with zero attached hydrogens (tertiary/aromatic N) is 1. The number of ether oxygens (including phenoxy) is 2. The maximum atomic E-state index is 12.3. The van der Waals surface area contributed by atoms with Crippen LogP contribution in [0.15, 0.2) is 54.7 Å². The number of H-pyrrole nitrogens is 1. The van der Waals surface area contributed by atoms with E-state index in [1.54, 1.807) is 0 Å². The first-order valence-corrected chi connectivity index (χ1v) is 10.0. The molecular weight excluding hydrogens is 366 g/mol. The number of aromatic amines is 1. The van der Waals surface area contributed by atoms with Crippen LogP contribution in [0.25, 0.3) is 10.9 Å². The van der Waals surface area contributed by atoms with Crippen LogP contribution in [0.2, 0.25) is 0 Å². The molecule has 0 unspecified atom stereocenters. The fraction of sp³-hybridized carbons (Fsp3) is 0.348. The molecule has 1 aromatic heterocycles. The lowest BCUT2D eigenvalue weighted by Crippen LogP contribution is -2.39. The highest BCUT2D eigenvalue weighted by Gasteiger charge is 2.21. The van der Waals surface area contributed by atoms with E-state index in [2.05, 4.69) is 45.5 Å². The van der Waals surface area contributed by atoms with Gasteiger partial charge in [-0.2, -0.15) is 0 Å². The van der Waals surface area contributed by atoms with Gasteiger partial charge in [-0.3, -0.25) is 4.79 Å². The third-order valence-electron chi connectivity index (χ3n) is 5.45. The largest absolute Gasteiger partial charge is 0.468 e. The molecule has 4 rings (SSSR count). The molecule has 0 radical (unpaired) electrons. The molecule has 1 atom stereocenters. The van der Waals surface area contributed by atoms with E-state index in [1.165, 1.54) is 12.8 Å². The molecule has 0 saturated carbocycles. The van der Waals surface area contributed by atoms with E-state index in [9.17, 15) is 4.79 Å². The average Bonchev–Trinajstić information content (AvgIpc) is 3.20. The molecule has 29 heavy (non-hydrogen) atoms. The van der Waals surface area contributed by atoms with Crippen molar-refractivity contribution in [3.05, 3.63) is 65.9 Å². The van der Waals surface area contributed by atoms with Crippen LogP contribution in [0.5, 0.6) is 0 Å². The summed E-state index contributed by atoms with van der Waals surface area (Å²) in [6, 6.07) is 16.2. The monoisotopic (exact) mass is 393 g/mol. The number of fused-ring (bicyclic) bond motifs is 1. The van der Waals surface area contributed by atoms with Crippen LogP contribution >= 0.6 is 0 Å². The topological polar surface area (TPSA) is 66.6 Å². The molecule has 0 amide bonds. The minimum atomic E-state index is -0.405. The van der Waals surface area contributed by atoms with Crippen molar-refractivity contribution in [3.8, 4) is 0 Å². The number of anilines is 1. The van der Waals surface area contributed by atoms with E-state index in [0.717, 1.165) is 48.3 Å². The number of hydrogen-bond acceptors (Lipinski definition) is 5. The Bertz CT molecular complexity index is 945. The molecule has 0 bridgehead atoms. The van der Waals surface area contributed by atoms with Gasteiger partial charge in [-0.25, -0.2) is 0 Å². The highest BCUT2D eigenvalue weighted by molar-refractivity contribution is 5.84. The smallest absolute Gasteiger partial charge is 0.323 e. The number of aromatic nitrogens is 1. The number of rotatable bonds is 7. The van der Waals surface area contributed by atoms with Crippen molar-refractivity contribution in [2.45, 2.75) is 19.0 Å². The summed E-state index contributed by atoms with van der Waals surface area (Å²) in [6.07, 6.45) is 2.54. The van der Waals surface area contributed by atoms with Gasteiger partial charge >= 0.3 is 5.97 Å². The molecule has 2 N–H and O–H groups in total. The second-order valence-corrected chi connectivity index (χ2v) is 7.29. The Morgan fingerprint density at radius 2 is 1.93 bits per heavy atom. The van der Waals surface area contributed by atoms with Gasteiger partial charge in [0.15, 0.2) is 0 Å². The molecule has 1 fully saturated rings. The molecule has 1 aliphatic heterocycles. The highest BCUT2D eigenvalue weighted by atomic mass is 16.5. The first-order chi connectivity index (χ1) is 14.2. The van der Waals surface area contributed by atoms with Crippen LogP contribution in [0.1, 0.15) is 11.1 Å². The van der Waals surface area contributed by atoms with Crippen LogP contribution < -0.4 is 10.2 Å². The van der Waals surface area contributed by atoms with Gasteiger partial charge < -0.3 is 24.7 Å². The maximum absolute atomic E-state index is 12.3. The van der Waals surface area contributed by atoms with Gasteiger partial charge in [-0.15, -0.1) is 0 Å². The number of carbonyl (C=O) groups is 1.